The van der Waals surface area contributed by atoms with Crippen LogP contribution in [0.25, 0.3) is 11.1 Å². The van der Waals surface area contributed by atoms with Gasteiger partial charge in [0, 0.05) is 50.5 Å². The smallest absolute Gasteiger partial charge is 0.303 e. The molecule has 3 heterocycles. The number of nitrogens with zero attached hydrogens (tertiary/aromatic N) is 2. The number of hydrogen-bond donors (Lipinski definition) is 3. The highest BCUT2D eigenvalue weighted by molar-refractivity contribution is 5.76. The number of benzene rings is 3. The molecule has 0 aromatic heterocycles. The van der Waals surface area contributed by atoms with Crippen LogP contribution in [0.4, 0.5) is 0 Å². The summed E-state index contributed by atoms with van der Waals surface area (Å²) in [4.78, 5) is 28.3. The molecule has 9 heteroatoms. The summed E-state index contributed by atoms with van der Waals surface area (Å²) in [6.45, 7) is 6.09. The molecule has 3 fully saturated rings. The number of carboxylic acids is 1. The Kier molecular flexibility index (Phi) is 13.1. The second-order valence-electron chi connectivity index (χ2n) is 14.2. The van der Waals surface area contributed by atoms with Gasteiger partial charge in [-0.1, -0.05) is 73.2 Å². The number of unbranched alkanes of at least 4 members (excludes halogenated alkanes) is 2. The van der Waals surface area contributed by atoms with Crippen LogP contribution in [0.1, 0.15) is 98.9 Å². The van der Waals surface area contributed by atoms with E-state index in [0.717, 1.165) is 65.9 Å². The normalized spacial score (nSPS) is 22.9. The lowest BCUT2D eigenvalue weighted by atomic mass is 9.98. The first kappa shape index (κ1) is 36.2. The zero-order valence-corrected chi connectivity index (χ0v) is 29.2. The molecule has 0 spiro atoms. The van der Waals surface area contributed by atoms with Crippen molar-refractivity contribution in [3.05, 3.63) is 95.1 Å². The van der Waals surface area contributed by atoms with Crippen LogP contribution in [0, 0.1) is 0 Å². The van der Waals surface area contributed by atoms with Gasteiger partial charge in [0.25, 0.3) is 0 Å². The van der Waals surface area contributed by atoms with Crippen LogP contribution in [-0.4, -0.2) is 76.8 Å². The maximum atomic E-state index is 12.3. The first-order valence-electron chi connectivity index (χ1n) is 18.6. The summed E-state index contributed by atoms with van der Waals surface area (Å²) < 4.78 is 13.4. The molecular formula is C41H53N3O6. The highest BCUT2D eigenvalue weighted by Gasteiger charge is 2.36. The van der Waals surface area contributed by atoms with E-state index in [2.05, 4.69) is 63.6 Å². The Bertz CT molecular complexity index is 1520. The minimum Gasteiger partial charge on any atom is -0.481 e. The van der Waals surface area contributed by atoms with E-state index >= 15 is 0 Å². The molecule has 0 saturated carbocycles. The van der Waals surface area contributed by atoms with Crippen LogP contribution in [0.15, 0.2) is 72.8 Å². The van der Waals surface area contributed by atoms with Crippen LogP contribution >= 0.6 is 0 Å². The third-order valence-electron chi connectivity index (χ3n) is 10.4. The van der Waals surface area contributed by atoms with Gasteiger partial charge in [-0.25, -0.2) is 0 Å². The highest BCUT2D eigenvalue weighted by Crippen LogP contribution is 2.39. The lowest BCUT2D eigenvalue weighted by Crippen LogP contribution is -2.45. The molecule has 6 rings (SSSR count). The van der Waals surface area contributed by atoms with Gasteiger partial charge in [-0.05, 0) is 92.0 Å². The van der Waals surface area contributed by atoms with Crippen molar-refractivity contribution in [2.45, 2.75) is 102 Å². The molecule has 3 saturated heterocycles. The van der Waals surface area contributed by atoms with Gasteiger partial charge in [0.1, 0.15) is 0 Å². The SMILES string of the molecule is O=C(O)CCCCCC(=O)NCc1cccc(-c2ccc([C@H]3O[C@@H](CN4CCC[C@H]4CN4CCCC4)C[C@@H](c4ccc(CO)cc4)O3)cc2)c1. The molecular weight excluding hydrogens is 630 g/mol. The summed E-state index contributed by atoms with van der Waals surface area (Å²) in [6, 6.07) is 25.3. The molecule has 3 aromatic carbocycles. The zero-order valence-electron chi connectivity index (χ0n) is 29.2. The molecule has 3 aromatic rings. The predicted molar refractivity (Wildman–Crippen MR) is 193 cm³/mol. The Hall–Kier alpha value is -3.60. The van der Waals surface area contributed by atoms with Gasteiger partial charge in [-0.3, -0.25) is 14.5 Å². The van der Waals surface area contributed by atoms with Crippen molar-refractivity contribution in [2.24, 2.45) is 0 Å². The van der Waals surface area contributed by atoms with Gasteiger partial charge in [0.15, 0.2) is 6.29 Å². The number of aliphatic hydroxyl groups excluding tert-OH is 1. The van der Waals surface area contributed by atoms with Gasteiger partial charge < -0.3 is 29.9 Å². The van der Waals surface area contributed by atoms with Crippen LogP contribution < -0.4 is 5.32 Å². The van der Waals surface area contributed by atoms with E-state index in [-0.39, 0.29) is 31.1 Å². The summed E-state index contributed by atoms with van der Waals surface area (Å²) in [7, 11) is 0. The number of nitrogens with one attached hydrogen (secondary N) is 1. The van der Waals surface area contributed by atoms with E-state index in [9.17, 15) is 14.7 Å². The molecule has 0 aliphatic carbocycles. The number of aliphatic hydroxyl groups is 1. The fourth-order valence-electron chi connectivity index (χ4n) is 7.62. The van der Waals surface area contributed by atoms with E-state index in [1.165, 1.54) is 38.8 Å². The summed E-state index contributed by atoms with van der Waals surface area (Å²) in [5, 5.41) is 21.4. The Morgan fingerprint density at radius 2 is 1.54 bits per heavy atom. The number of hydrogen-bond acceptors (Lipinski definition) is 7. The number of carbonyl (C=O) groups excluding carboxylic acids is 1. The predicted octanol–water partition coefficient (Wildman–Crippen LogP) is 6.60. The molecule has 268 valence electrons. The molecule has 4 atom stereocenters. The minimum absolute atomic E-state index is 0.0182. The lowest BCUT2D eigenvalue weighted by molar-refractivity contribution is -0.253. The van der Waals surface area contributed by atoms with E-state index in [0.29, 0.717) is 31.8 Å². The van der Waals surface area contributed by atoms with E-state index in [1.54, 1.807) is 0 Å². The second-order valence-corrected chi connectivity index (χ2v) is 14.2. The molecule has 3 N–H and O–H groups in total. The highest BCUT2D eigenvalue weighted by atomic mass is 16.7. The first-order chi connectivity index (χ1) is 24.4. The van der Waals surface area contributed by atoms with E-state index in [4.69, 9.17) is 14.6 Å². The molecule has 50 heavy (non-hydrogen) atoms. The van der Waals surface area contributed by atoms with Crippen molar-refractivity contribution in [2.75, 3.05) is 32.7 Å². The van der Waals surface area contributed by atoms with Crippen LogP contribution in [0.5, 0.6) is 0 Å². The van der Waals surface area contributed by atoms with Crippen molar-refractivity contribution in [3.63, 3.8) is 0 Å². The number of amides is 1. The average molecular weight is 684 g/mol. The number of rotatable bonds is 16. The Balaban J connectivity index is 1.09. The first-order valence-corrected chi connectivity index (χ1v) is 18.6. The standard InChI is InChI=1S/C41H53N3O6/c45-29-30-13-15-33(16-14-30)38-25-37(28-44-23-7-10-36(44)27-43-21-4-5-22-43)49-41(50-38)34-19-17-32(18-20-34)35-9-6-8-31(24-35)26-42-39(46)11-2-1-3-12-40(47)48/h6,8-9,13-20,24,36-38,41,45H,1-5,7,10-12,21-23,25-29H2,(H,42,46)(H,47,48)/t36-,37+,38-,41-/m0/s1. The van der Waals surface area contributed by atoms with Crippen LogP contribution in [0.2, 0.25) is 0 Å². The number of likely N-dealkylation sites (tertiary alicyclic amines) is 2. The van der Waals surface area contributed by atoms with Crippen molar-refractivity contribution >= 4 is 11.9 Å². The molecule has 0 radical (unpaired) electrons. The maximum Gasteiger partial charge on any atom is 0.303 e. The van der Waals surface area contributed by atoms with Crippen molar-refractivity contribution in [1.82, 2.24) is 15.1 Å². The molecule has 9 nitrogen and oxygen atoms in total. The Morgan fingerprint density at radius 3 is 2.30 bits per heavy atom. The summed E-state index contributed by atoms with van der Waals surface area (Å²) in [5.74, 6) is -0.812. The third kappa shape index (κ3) is 10.2. The fourth-order valence-corrected chi connectivity index (χ4v) is 7.62. The number of carboxylic acid groups (broad SMARTS) is 1. The number of carbonyl (C=O) groups is 2. The van der Waals surface area contributed by atoms with Gasteiger partial charge in [-0.2, -0.15) is 0 Å². The number of ether oxygens (including phenoxy) is 2. The maximum absolute atomic E-state index is 12.3. The molecule has 3 aliphatic heterocycles. The Morgan fingerprint density at radius 1 is 0.780 bits per heavy atom. The summed E-state index contributed by atoms with van der Waals surface area (Å²) in [6.07, 6.45) is 7.91. The van der Waals surface area contributed by atoms with Crippen LogP contribution in [-0.2, 0) is 32.2 Å². The second kappa shape index (κ2) is 18.1. The van der Waals surface area contributed by atoms with E-state index in [1.807, 2.05) is 24.3 Å². The molecule has 3 aliphatic rings. The van der Waals surface area contributed by atoms with Crippen molar-refractivity contribution < 1.29 is 29.3 Å². The third-order valence-corrected chi connectivity index (χ3v) is 10.4. The quantitative estimate of drug-likeness (QED) is 0.145. The fraction of sp³-hybridized carbons (Fsp3) is 0.512. The molecule has 0 bridgehead atoms. The average Bonchev–Trinajstić information content (AvgIpc) is 3.83. The van der Waals surface area contributed by atoms with E-state index < -0.39 is 12.3 Å². The van der Waals surface area contributed by atoms with Crippen molar-refractivity contribution in [1.29, 1.82) is 0 Å². The summed E-state index contributed by atoms with van der Waals surface area (Å²) >= 11 is 0. The van der Waals surface area contributed by atoms with Crippen molar-refractivity contribution in [3.8, 4) is 11.1 Å². The Labute approximate surface area is 296 Å². The minimum atomic E-state index is -0.794. The van der Waals surface area contributed by atoms with Crippen LogP contribution in [0.3, 0.4) is 0 Å². The lowest BCUT2D eigenvalue weighted by Gasteiger charge is -2.39. The van der Waals surface area contributed by atoms with Gasteiger partial charge in [0.2, 0.25) is 5.91 Å². The van der Waals surface area contributed by atoms with Gasteiger partial charge in [0.05, 0.1) is 18.8 Å². The molecule has 1 amide bonds. The molecule has 0 unspecified atom stereocenters. The number of aliphatic carboxylic acids is 1. The monoisotopic (exact) mass is 683 g/mol. The zero-order chi connectivity index (χ0) is 34.7. The van der Waals surface area contributed by atoms with Gasteiger partial charge in [-0.15, -0.1) is 0 Å². The largest absolute Gasteiger partial charge is 0.481 e. The topological polar surface area (TPSA) is 112 Å². The summed E-state index contributed by atoms with van der Waals surface area (Å²) in [5.41, 5.74) is 6.15. The van der Waals surface area contributed by atoms with Gasteiger partial charge >= 0.3 is 5.97 Å².